The quantitative estimate of drug-likeness (QED) is 0.747. The van der Waals surface area contributed by atoms with Crippen LogP contribution in [0.25, 0.3) is 0 Å². The molecule has 0 aromatic rings. The van der Waals surface area contributed by atoms with Gasteiger partial charge in [0.15, 0.2) is 0 Å². The van der Waals surface area contributed by atoms with E-state index in [0.29, 0.717) is 0 Å². The SMILES string of the molecule is C[CH]CN1CCC(CC(C)(C)N)CC1. The van der Waals surface area contributed by atoms with Crippen molar-refractivity contribution >= 4 is 0 Å². The van der Waals surface area contributed by atoms with Crippen LogP contribution in [0, 0.1) is 12.3 Å². The molecule has 0 unspecified atom stereocenters. The molecule has 0 amide bonds. The molecule has 0 bridgehead atoms. The van der Waals surface area contributed by atoms with E-state index in [-0.39, 0.29) is 5.54 Å². The lowest BCUT2D eigenvalue weighted by atomic mass is 9.85. The Balaban J connectivity index is 2.22. The number of hydrogen-bond donors (Lipinski definition) is 1. The lowest BCUT2D eigenvalue weighted by Gasteiger charge is -2.34. The molecule has 1 saturated heterocycles. The zero-order chi connectivity index (χ0) is 10.6. The van der Waals surface area contributed by atoms with E-state index in [2.05, 4.69) is 32.1 Å². The van der Waals surface area contributed by atoms with Gasteiger partial charge in [-0.2, -0.15) is 0 Å². The van der Waals surface area contributed by atoms with E-state index >= 15 is 0 Å². The summed E-state index contributed by atoms with van der Waals surface area (Å²) in [5.74, 6) is 0.850. The number of rotatable bonds is 4. The highest BCUT2D eigenvalue weighted by molar-refractivity contribution is 4.81. The first-order chi connectivity index (χ1) is 6.51. The first-order valence-electron chi connectivity index (χ1n) is 5.80. The largest absolute Gasteiger partial charge is 0.326 e. The van der Waals surface area contributed by atoms with E-state index in [0.717, 1.165) is 12.5 Å². The minimum Gasteiger partial charge on any atom is -0.326 e. The van der Waals surface area contributed by atoms with Crippen LogP contribution in [-0.4, -0.2) is 30.1 Å². The smallest absolute Gasteiger partial charge is 0.00997 e. The maximum atomic E-state index is 6.04. The summed E-state index contributed by atoms with van der Waals surface area (Å²) in [4.78, 5) is 2.53. The summed E-state index contributed by atoms with van der Waals surface area (Å²) >= 11 is 0. The predicted molar refractivity (Wildman–Crippen MR) is 62.0 cm³/mol. The van der Waals surface area contributed by atoms with Crippen molar-refractivity contribution in [2.24, 2.45) is 11.7 Å². The molecule has 14 heavy (non-hydrogen) atoms. The molecule has 2 heteroatoms. The third-order valence-corrected chi connectivity index (χ3v) is 2.96. The van der Waals surface area contributed by atoms with Crippen molar-refractivity contribution in [2.75, 3.05) is 19.6 Å². The van der Waals surface area contributed by atoms with Crippen LogP contribution in [0.3, 0.4) is 0 Å². The summed E-state index contributed by atoms with van der Waals surface area (Å²) in [5, 5.41) is 0. The first-order valence-corrected chi connectivity index (χ1v) is 5.80. The standard InChI is InChI=1S/C12H25N2/c1-4-7-14-8-5-11(6-9-14)10-12(2,3)13/h4,11H,5-10,13H2,1-3H3. The fourth-order valence-corrected chi connectivity index (χ4v) is 2.38. The first kappa shape index (κ1) is 12.0. The van der Waals surface area contributed by atoms with Gasteiger partial charge in [-0.3, -0.25) is 0 Å². The molecule has 0 spiro atoms. The van der Waals surface area contributed by atoms with Crippen LogP contribution in [0.1, 0.15) is 40.0 Å². The van der Waals surface area contributed by atoms with Gasteiger partial charge in [0.25, 0.3) is 0 Å². The van der Waals surface area contributed by atoms with E-state index in [1.807, 2.05) is 0 Å². The molecule has 2 nitrogen and oxygen atoms in total. The Labute approximate surface area is 88.8 Å². The van der Waals surface area contributed by atoms with Gasteiger partial charge in [0.2, 0.25) is 0 Å². The summed E-state index contributed by atoms with van der Waals surface area (Å²) in [6, 6.07) is 0. The average Bonchev–Trinajstić information content (AvgIpc) is 2.06. The highest BCUT2D eigenvalue weighted by atomic mass is 15.1. The molecule has 1 fully saturated rings. The minimum absolute atomic E-state index is 0.0176. The van der Waals surface area contributed by atoms with Crippen molar-refractivity contribution in [1.29, 1.82) is 0 Å². The fourth-order valence-electron chi connectivity index (χ4n) is 2.38. The topological polar surface area (TPSA) is 29.3 Å². The van der Waals surface area contributed by atoms with Crippen molar-refractivity contribution in [3.8, 4) is 0 Å². The third-order valence-electron chi connectivity index (χ3n) is 2.96. The third kappa shape index (κ3) is 4.43. The van der Waals surface area contributed by atoms with Gasteiger partial charge in [-0.25, -0.2) is 0 Å². The Bertz CT molecular complexity index is 152. The Morgan fingerprint density at radius 1 is 1.36 bits per heavy atom. The Morgan fingerprint density at radius 2 is 1.93 bits per heavy atom. The molecular weight excluding hydrogens is 172 g/mol. The molecule has 1 aliphatic rings. The van der Waals surface area contributed by atoms with Crippen molar-refractivity contribution in [2.45, 2.75) is 45.6 Å². The van der Waals surface area contributed by atoms with Crippen LogP contribution < -0.4 is 5.73 Å². The molecule has 1 heterocycles. The summed E-state index contributed by atoms with van der Waals surface area (Å²) in [5.41, 5.74) is 6.06. The van der Waals surface area contributed by atoms with Crippen LogP contribution in [-0.2, 0) is 0 Å². The van der Waals surface area contributed by atoms with Gasteiger partial charge >= 0.3 is 0 Å². The minimum atomic E-state index is 0.0176. The Morgan fingerprint density at radius 3 is 2.36 bits per heavy atom. The normalized spacial score (nSPS) is 21.4. The van der Waals surface area contributed by atoms with E-state index in [1.165, 1.54) is 32.4 Å². The average molecular weight is 197 g/mol. The van der Waals surface area contributed by atoms with Gasteiger partial charge in [0, 0.05) is 12.1 Å². The highest BCUT2D eigenvalue weighted by Crippen LogP contribution is 2.24. The molecule has 83 valence electrons. The van der Waals surface area contributed by atoms with Crippen LogP contribution in [0.4, 0.5) is 0 Å². The molecule has 0 aromatic heterocycles. The molecule has 0 saturated carbocycles. The van der Waals surface area contributed by atoms with Crippen molar-refractivity contribution in [1.82, 2.24) is 4.90 Å². The number of nitrogens with two attached hydrogens (primary N) is 1. The number of hydrogen-bond acceptors (Lipinski definition) is 2. The van der Waals surface area contributed by atoms with Crippen LogP contribution in [0.15, 0.2) is 0 Å². The lowest BCUT2D eigenvalue weighted by molar-refractivity contribution is 0.175. The fraction of sp³-hybridized carbons (Fsp3) is 0.917. The highest BCUT2D eigenvalue weighted by Gasteiger charge is 2.23. The number of likely N-dealkylation sites (tertiary alicyclic amines) is 1. The van der Waals surface area contributed by atoms with Gasteiger partial charge < -0.3 is 10.6 Å². The van der Waals surface area contributed by atoms with Gasteiger partial charge in [-0.1, -0.05) is 6.92 Å². The number of piperidine rings is 1. The molecule has 1 aliphatic heterocycles. The molecule has 0 aromatic carbocycles. The molecule has 0 atom stereocenters. The van der Waals surface area contributed by atoms with Crippen molar-refractivity contribution in [3.05, 3.63) is 6.42 Å². The lowest BCUT2D eigenvalue weighted by Crippen LogP contribution is -2.40. The second kappa shape index (κ2) is 5.13. The summed E-state index contributed by atoms with van der Waals surface area (Å²) in [6.07, 6.45) is 6.08. The van der Waals surface area contributed by atoms with E-state index in [9.17, 15) is 0 Å². The van der Waals surface area contributed by atoms with Crippen LogP contribution >= 0.6 is 0 Å². The van der Waals surface area contributed by atoms with Crippen molar-refractivity contribution in [3.63, 3.8) is 0 Å². The molecule has 1 radical (unpaired) electrons. The van der Waals surface area contributed by atoms with Gasteiger partial charge in [0.1, 0.15) is 0 Å². The monoisotopic (exact) mass is 197 g/mol. The maximum Gasteiger partial charge on any atom is 0.00997 e. The molecule has 0 aliphatic carbocycles. The van der Waals surface area contributed by atoms with Crippen LogP contribution in [0.5, 0.6) is 0 Å². The van der Waals surface area contributed by atoms with E-state index in [1.54, 1.807) is 0 Å². The van der Waals surface area contributed by atoms with E-state index < -0.39 is 0 Å². The van der Waals surface area contributed by atoms with Crippen LogP contribution in [0.2, 0.25) is 0 Å². The Hall–Kier alpha value is -0.0800. The molecule has 1 rings (SSSR count). The summed E-state index contributed by atoms with van der Waals surface area (Å²) in [7, 11) is 0. The maximum absolute atomic E-state index is 6.04. The zero-order valence-electron chi connectivity index (χ0n) is 9.92. The summed E-state index contributed by atoms with van der Waals surface area (Å²) in [6.45, 7) is 10.1. The predicted octanol–water partition coefficient (Wildman–Crippen LogP) is 2.05. The van der Waals surface area contributed by atoms with Gasteiger partial charge in [0.05, 0.1) is 0 Å². The molecule has 2 N–H and O–H groups in total. The second-order valence-electron chi connectivity index (χ2n) is 5.34. The molecular formula is C12H25N2. The van der Waals surface area contributed by atoms with Gasteiger partial charge in [-0.05, 0) is 58.5 Å². The van der Waals surface area contributed by atoms with E-state index in [4.69, 9.17) is 5.73 Å². The zero-order valence-corrected chi connectivity index (χ0v) is 9.92. The second-order valence-corrected chi connectivity index (χ2v) is 5.34. The van der Waals surface area contributed by atoms with Gasteiger partial charge in [-0.15, -0.1) is 0 Å². The Kier molecular flexibility index (Phi) is 4.39. The van der Waals surface area contributed by atoms with Crippen molar-refractivity contribution < 1.29 is 0 Å². The number of nitrogens with zero attached hydrogens (tertiary/aromatic N) is 1. The summed E-state index contributed by atoms with van der Waals surface area (Å²) < 4.78 is 0.